The second-order valence-electron chi connectivity index (χ2n) is 10.8. The molecule has 3 aromatic carbocycles. The van der Waals surface area contributed by atoms with E-state index in [-0.39, 0.29) is 6.42 Å². The van der Waals surface area contributed by atoms with Crippen molar-refractivity contribution in [2.45, 2.75) is 65.6 Å². The normalized spacial score (nSPS) is 12.4. The first-order valence-electron chi connectivity index (χ1n) is 13.2. The number of carbonyl (C=O) groups is 3. The van der Waals surface area contributed by atoms with E-state index in [1.54, 1.807) is 32.9 Å². The van der Waals surface area contributed by atoms with E-state index >= 15 is 0 Å². The fourth-order valence-electron chi connectivity index (χ4n) is 4.20. The quantitative estimate of drug-likeness (QED) is 0.278. The molecule has 7 nitrogen and oxygen atoms in total. The number of anilines is 1. The lowest BCUT2D eigenvalue weighted by molar-refractivity contribution is -0.136. The molecule has 0 aromatic heterocycles. The number of hydrogen-bond donors (Lipinski definition) is 2. The minimum absolute atomic E-state index is 0.149. The van der Waals surface area contributed by atoms with Crippen LogP contribution in [-0.4, -0.2) is 34.5 Å². The molecular weight excluding hydrogens is 502 g/mol. The number of rotatable bonds is 8. The van der Waals surface area contributed by atoms with Crippen LogP contribution in [0.15, 0.2) is 72.8 Å². The standard InChI is InChI=1S/C33H37N3O4/c1-8-36(31(38)28(21-25-15-10-9-11-16-25)35-32(39)40-33(5,6)7)29(26-19-18-22(2)24(4)20-26)30(37)34-27-17-13-12-14-23(27)3/h1,9-20,28-29H,21H2,2-7H3,(H,34,37)(H,35,39). The highest BCUT2D eigenvalue weighted by atomic mass is 16.6. The maximum Gasteiger partial charge on any atom is 0.408 e. The molecule has 2 unspecified atom stereocenters. The van der Waals surface area contributed by atoms with Gasteiger partial charge in [0, 0.05) is 18.2 Å². The average molecular weight is 540 g/mol. The summed E-state index contributed by atoms with van der Waals surface area (Å²) in [7, 11) is 0. The monoisotopic (exact) mass is 539 g/mol. The molecule has 0 bridgehead atoms. The molecule has 40 heavy (non-hydrogen) atoms. The molecular formula is C33H37N3O4. The molecule has 3 rings (SSSR count). The van der Waals surface area contributed by atoms with Gasteiger partial charge in [0.25, 0.3) is 11.8 Å². The highest BCUT2D eigenvalue weighted by molar-refractivity contribution is 6.00. The van der Waals surface area contributed by atoms with Gasteiger partial charge in [-0.1, -0.05) is 73.2 Å². The van der Waals surface area contributed by atoms with E-state index in [0.29, 0.717) is 11.3 Å². The van der Waals surface area contributed by atoms with Crippen molar-refractivity contribution in [3.05, 3.63) is 101 Å². The van der Waals surface area contributed by atoms with Gasteiger partial charge in [-0.3, -0.25) is 14.5 Å². The van der Waals surface area contributed by atoms with Gasteiger partial charge in [0.1, 0.15) is 17.7 Å². The third-order valence-corrected chi connectivity index (χ3v) is 6.40. The van der Waals surface area contributed by atoms with Crippen molar-refractivity contribution in [3.8, 4) is 12.5 Å². The smallest absolute Gasteiger partial charge is 0.408 e. The Labute approximate surface area is 236 Å². The summed E-state index contributed by atoms with van der Waals surface area (Å²) in [6, 6.07) is 22.3. The lowest BCUT2D eigenvalue weighted by atomic mass is 9.97. The molecule has 3 amide bonds. The molecule has 0 aliphatic carbocycles. The fourth-order valence-corrected chi connectivity index (χ4v) is 4.20. The number of aryl methyl sites for hydroxylation is 3. The van der Waals surface area contributed by atoms with Gasteiger partial charge < -0.3 is 15.4 Å². The van der Waals surface area contributed by atoms with Gasteiger partial charge in [0.15, 0.2) is 0 Å². The number of nitrogens with zero attached hydrogens (tertiary/aromatic N) is 1. The van der Waals surface area contributed by atoms with Crippen LogP contribution in [0.5, 0.6) is 0 Å². The van der Waals surface area contributed by atoms with E-state index in [9.17, 15) is 14.4 Å². The summed E-state index contributed by atoms with van der Waals surface area (Å²) in [6.07, 6.45) is 5.33. The van der Waals surface area contributed by atoms with Crippen LogP contribution in [0.3, 0.4) is 0 Å². The lowest BCUT2D eigenvalue weighted by Crippen LogP contribution is -2.51. The Bertz CT molecular complexity index is 1400. The largest absolute Gasteiger partial charge is 0.444 e. The van der Waals surface area contributed by atoms with E-state index in [4.69, 9.17) is 11.2 Å². The van der Waals surface area contributed by atoms with Crippen molar-refractivity contribution in [2.75, 3.05) is 5.32 Å². The van der Waals surface area contributed by atoms with Gasteiger partial charge >= 0.3 is 6.09 Å². The topological polar surface area (TPSA) is 87.7 Å². The van der Waals surface area contributed by atoms with Gasteiger partial charge in [-0.05, 0) is 75.4 Å². The zero-order valence-corrected chi connectivity index (χ0v) is 23.9. The van der Waals surface area contributed by atoms with Crippen molar-refractivity contribution in [3.63, 3.8) is 0 Å². The van der Waals surface area contributed by atoms with Gasteiger partial charge in [-0.25, -0.2) is 4.79 Å². The number of amides is 3. The number of benzene rings is 3. The van der Waals surface area contributed by atoms with Crippen LogP contribution in [-0.2, 0) is 20.7 Å². The summed E-state index contributed by atoms with van der Waals surface area (Å²) in [6.45, 7) is 11.0. The molecule has 0 fully saturated rings. The molecule has 2 atom stereocenters. The maximum absolute atomic E-state index is 14.1. The molecule has 0 aliphatic heterocycles. The van der Waals surface area contributed by atoms with E-state index in [1.165, 1.54) is 0 Å². The summed E-state index contributed by atoms with van der Waals surface area (Å²) >= 11 is 0. The van der Waals surface area contributed by atoms with Gasteiger partial charge in [0.05, 0.1) is 0 Å². The Morgan fingerprint density at radius 1 is 0.900 bits per heavy atom. The van der Waals surface area contributed by atoms with Crippen LogP contribution in [0, 0.1) is 33.2 Å². The highest BCUT2D eigenvalue weighted by Crippen LogP contribution is 2.27. The molecule has 0 saturated heterocycles. The number of ether oxygens (including phenoxy) is 1. The van der Waals surface area contributed by atoms with Crippen molar-refractivity contribution in [1.29, 1.82) is 0 Å². The Morgan fingerprint density at radius 2 is 1.55 bits per heavy atom. The van der Waals surface area contributed by atoms with Crippen LogP contribution in [0.4, 0.5) is 10.5 Å². The maximum atomic E-state index is 14.1. The second-order valence-corrected chi connectivity index (χ2v) is 10.8. The van der Waals surface area contributed by atoms with Crippen molar-refractivity contribution < 1.29 is 19.1 Å². The SMILES string of the molecule is C#CN(C(=O)C(Cc1ccccc1)NC(=O)OC(C)(C)C)C(C(=O)Nc1ccccc1C)c1ccc(C)c(C)c1. The van der Waals surface area contributed by atoms with Crippen molar-refractivity contribution in [2.24, 2.45) is 0 Å². The predicted octanol–water partition coefficient (Wildman–Crippen LogP) is 5.85. The second kappa shape index (κ2) is 13.0. The van der Waals surface area contributed by atoms with Crippen molar-refractivity contribution in [1.82, 2.24) is 10.2 Å². The molecule has 2 N–H and O–H groups in total. The minimum Gasteiger partial charge on any atom is -0.444 e. The zero-order chi connectivity index (χ0) is 29.4. The number of carbonyl (C=O) groups excluding carboxylic acids is 3. The Kier molecular flexibility index (Phi) is 9.73. The molecule has 7 heteroatoms. The van der Waals surface area contributed by atoms with Crippen LogP contribution in [0.25, 0.3) is 0 Å². The highest BCUT2D eigenvalue weighted by Gasteiger charge is 2.36. The molecule has 0 saturated carbocycles. The van der Waals surface area contributed by atoms with E-state index in [2.05, 4.69) is 16.7 Å². The van der Waals surface area contributed by atoms with Gasteiger partial charge in [0.2, 0.25) is 0 Å². The average Bonchev–Trinajstić information content (AvgIpc) is 2.89. The number of alkyl carbamates (subject to hydrolysis) is 1. The Balaban J connectivity index is 2.04. The zero-order valence-electron chi connectivity index (χ0n) is 23.9. The third-order valence-electron chi connectivity index (χ3n) is 6.40. The Hall–Kier alpha value is -4.57. The summed E-state index contributed by atoms with van der Waals surface area (Å²) in [5, 5.41) is 5.61. The van der Waals surface area contributed by atoms with Gasteiger partial charge in [-0.15, -0.1) is 0 Å². The van der Waals surface area contributed by atoms with E-state index < -0.39 is 35.6 Å². The third kappa shape index (κ3) is 7.97. The van der Waals surface area contributed by atoms with Crippen LogP contribution >= 0.6 is 0 Å². The molecule has 0 radical (unpaired) electrons. The Morgan fingerprint density at radius 3 is 2.15 bits per heavy atom. The summed E-state index contributed by atoms with van der Waals surface area (Å²) < 4.78 is 5.43. The summed E-state index contributed by atoms with van der Waals surface area (Å²) in [5.74, 6) is -1.08. The molecule has 0 aliphatic rings. The number of terminal acetylenes is 1. The van der Waals surface area contributed by atoms with Gasteiger partial charge in [-0.2, -0.15) is 0 Å². The lowest BCUT2D eigenvalue weighted by Gasteiger charge is -2.31. The number of para-hydroxylation sites is 1. The van der Waals surface area contributed by atoms with Crippen LogP contribution < -0.4 is 10.6 Å². The van der Waals surface area contributed by atoms with Crippen LogP contribution in [0.1, 0.15) is 54.6 Å². The first-order valence-corrected chi connectivity index (χ1v) is 13.2. The first-order chi connectivity index (χ1) is 18.9. The first kappa shape index (κ1) is 30.0. The molecule has 3 aromatic rings. The fraction of sp³-hybridized carbons (Fsp3) is 0.303. The summed E-state index contributed by atoms with van der Waals surface area (Å²) in [4.78, 5) is 41.8. The van der Waals surface area contributed by atoms with Crippen molar-refractivity contribution >= 4 is 23.6 Å². The summed E-state index contributed by atoms with van der Waals surface area (Å²) in [5.41, 5.74) is 4.04. The number of nitrogens with one attached hydrogen (secondary N) is 2. The molecule has 208 valence electrons. The van der Waals surface area contributed by atoms with Crippen LogP contribution in [0.2, 0.25) is 0 Å². The van der Waals surface area contributed by atoms with E-state index in [1.807, 2.05) is 81.4 Å². The molecule has 0 spiro atoms. The predicted molar refractivity (Wildman–Crippen MR) is 157 cm³/mol. The molecule has 0 heterocycles. The van der Waals surface area contributed by atoms with E-state index in [0.717, 1.165) is 27.2 Å². The number of hydrogen-bond acceptors (Lipinski definition) is 4. The minimum atomic E-state index is -1.16.